The van der Waals surface area contributed by atoms with Gasteiger partial charge in [-0.25, -0.2) is 4.98 Å². The average Bonchev–Trinajstić information content (AvgIpc) is 2.98. The van der Waals surface area contributed by atoms with E-state index in [1.165, 1.54) is 16.1 Å². The van der Waals surface area contributed by atoms with Gasteiger partial charge in [0, 0.05) is 17.6 Å². The molecule has 0 spiro atoms. The third-order valence-electron chi connectivity index (χ3n) is 3.71. The molecule has 0 saturated heterocycles. The SMILES string of the molecule is CCC(NC(C)c1ccc(C(C)C)cc1)c1nccs1. The fraction of sp³-hybridized carbons (Fsp3) is 0.471. The van der Waals surface area contributed by atoms with Crippen molar-refractivity contribution >= 4 is 11.3 Å². The Kier molecular flexibility index (Phi) is 5.32. The van der Waals surface area contributed by atoms with Gasteiger partial charge in [-0.2, -0.15) is 0 Å². The van der Waals surface area contributed by atoms with Crippen LogP contribution in [-0.4, -0.2) is 4.98 Å². The highest BCUT2D eigenvalue weighted by Gasteiger charge is 2.15. The van der Waals surface area contributed by atoms with Crippen LogP contribution < -0.4 is 5.32 Å². The third-order valence-corrected chi connectivity index (χ3v) is 4.60. The maximum absolute atomic E-state index is 4.43. The van der Waals surface area contributed by atoms with E-state index in [-0.39, 0.29) is 0 Å². The fourth-order valence-electron chi connectivity index (χ4n) is 2.34. The Morgan fingerprint density at radius 3 is 2.25 bits per heavy atom. The molecule has 1 N–H and O–H groups in total. The summed E-state index contributed by atoms with van der Waals surface area (Å²) in [5.41, 5.74) is 2.73. The topological polar surface area (TPSA) is 24.9 Å². The monoisotopic (exact) mass is 288 g/mol. The van der Waals surface area contributed by atoms with Crippen LogP contribution in [0.2, 0.25) is 0 Å². The van der Waals surface area contributed by atoms with Gasteiger partial charge < -0.3 is 5.32 Å². The van der Waals surface area contributed by atoms with E-state index in [0.29, 0.717) is 18.0 Å². The zero-order valence-corrected chi connectivity index (χ0v) is 13.6. The third kappa shape index (κ3) is 3.68. The lowest BCUT2D eigenvalue weighted by molar-refractivity contribution is 0.455. The number of nitrogens with zero attached hydrogens (tertiary/aromatic N) is 1. The van der Waals surface area contributed by atoms with Crippen molar-refractivity contribution in [2.45, 2.75) is 52.1 Å². The van der Waals surface area contributed by atoms with Crippen LogP contribution in [-0.2, 0) is 0 Å². The molecule has 0 radical (unpaired) electrons. The molecule has 0 amide bonds. The molecule has 1 heterocycles. The quantitative estimate of drug-likeness (QED) is 0.803. The Hall–Kier alpha value is -1.19. The van der Waals surface area contributed by atoms with Crippen LogP contribution in [0.4, 0.5) is 0 Å². The summed E-state index contributed by atoms with van der Waals surface area (Å²) >= 11 is 1.73. The number of rotatable bonds is 6. The summed E-state index contributed by atoms with van der Waals surface area (Å²) in [5, 5.41) is 6.90. The average molecular weight is 288 g/mol. The fourth-order valence-corrected chi connectivity index (χ4v) is 3.12. The normalized spacial score (nSPS) is 14.4. The van der Waals surface area contributed by atoms with Crippen molar-refractivity contribution in [1.29, 1.82) is 0 Å². The van der Waals surface area contributed by atoms with E-state index in [0.717, 1.165) is 6.42 Å². The highest BCUT2D eigenvalue weighted by molar-refractivity contribution is 7.09. The van der Waals surface area contributed by atoms with Gasteiger partial charge in [0.05, 0.1) is 6.04 Å². The van der Waals surface area contributed by atoms with Crippen molar-refractivity contribution in [3.8, 4) is 0 Å². The Balaban J connectivity index is 2.05. The Morgan fingerprint density at radius 1 is 1.10 bits per heavy atom. The van der Waals surface area contributed by atoms with Gasteiger partial charge in [0.1, 0.15) is 5.01 Å². The van der Waals surface area contributed by atoms with E-state index in [1.54, 1.807) is 11.3 Å². The number of aromatic nitrogens is 1. The van der Waals surface area contributed by atoms with Crippen LogP contribution in [0.3, 0.4) is 0 Å². The summed E-state index contributed by atoms with van der Waals surface area (Å²) < 4.78 is 0. The summed E-state index contributed by atoms with van der Waals surface area (Å²) in [6, 6.07) is 9.63. The van der Waals surface area contributed by atoms with E-state index in [1.807, 2.05) is 11.6 Å². The van der Waals surface area contributed by atoms with Gasteiger partial charge in [0.2, 0.25) is 0 Å². The van der Waals surface area contributed by atoms with Crippen molar-refractivity contribution in [3.05, 3.63) is 52.0 Å². The maximum Gasteiger partial charge on any atom is 0.109 e. The maximum atomic E-state index is 4.43. The molecule has 2 unspecified atom stereocenters. The first kappa shape index (κ1) is 15.2. The van der Waals surface area contributed by atoms with E-state index in [2.05, 4.69) is 62.3 Å². The summed E-state index contributed by atoms with van der Waals surface area (Å²) in [4.78, 5) is 4.43. The lowest BCUT2D eigenvalue weighted by atomic mass is 9.99. The lowest BCUT2D eigenvalue weighted by Gasteiger charge is -2.21. The first-order chi connectivity index (χ1) is 9.61. The van der Waals surface area contributed by atoms with E-state index >= 15 is 0 Å². The van der Waals surface area contributed by atoms with Gasteiger partial charge in [0.25, 0.3) is 0 Å². The largest absolute Gasteiger partial charge is 0.301 e. The van der Waals surface area contributed by atoms with Gasteiger partial charge in [-0.3, -0.25) is 0 Å². The van der Waals surface area contributed by atoms with Gasteiger partial charge in [-0.1, -0.05) is 45.0 Å². The first-order valence-corrected chi connectivity index (χ1v) is 8.25. The predicted octanol–water partition coefficient (Wildman–Crippen LogP) is 5.07. The first-order valence-electron chi connectivity index (χ1n) is 7.37. The molecule has 0 aliphatic heterocycles. The molecule has 2 aromatic rings. The summed E-state index contributed by atoms with van der Waals surface area (Å²) in [6.07, 6.45) is 2.94. The van der Waals surface area contributed by atoms with Crippen molar-refractivity contribution in [2.75, 3.05) is 0 Å². The van der Waals surface area contributed by atoms with Crippen LogP contribution >= 0.6 is 11.3 Å². The zero-order valence-electron chi connectivity index (χ0n) is 12.8. The molecule has 108 valence electrons. The minimum Gasteiger partial charge on any atom is -0.301 e. The number of thiazole rings is 1. The number of hydrogen-bond acceptors (Lipinski definition) is 3. The number of hydrogen-bond donors (Lipinski definition) is 1. The van der Waals surface area contributed by atoms with E-state index in [4.69, 9.17) is 0 Å². The molecule has 0 aliphatic carbocycles. The molecule has 0 fully saturated rings. The molecule has 2 rings (SSSR count). The van der Waals surface area contributed by atoms with Crippen LogP contribution in [0.5, 0.6) is 0 Å². The summed E-state index contributed by atoms with van der Waals surface area (Å²) in [7, 11) is 0. The van der Waals surface area contributed by atoms with Gasteiger partial charge in [-0.15, -0.1) is 11.3 Å². The lowest BCUT2D eigenvalue weighted by Crippen LogP contribution is -2.24. The second-order valence-electron chi connectivity index (χ2n) is 5.54. The number of benzene rings is 1. The van der Waals surface area contributed by atoms with Gasteiger partial charge in [0.15, 0.2) is 0 Å². The van der Waals surface area contributed by atoms with Crippen molar-refractivity contribution in [2.24, 2.45) is 0 Å². The summed E-state index contributed by atoms with van der Waals surface area (Å²) in [5.74, 6) is 0.589. The van der Waals surface area contributed by atoms with Crippen molar-refractivity contribution in [1.82, 2.24) is 10.3 Å². The standard InChI is InChI=1S/C17H24N2S/c1-5-16(17-18-10-11-20-17)19-13(4)15-8-6-14(7-9-15)12(2)3/h6-13,16,19H,5H2,1-4H3. The Morgan fingerprint density at radius 2 is 1.75 bits per heavy atom. The zero-order chi connectivity index (χ0) is 14.5. The molecule has 1 aromatic carbocycles. The van der Waals surface area contributed by atoms with E-state index in [9.17, 15) is 0 Å². The molecular formula is C17H24N2S. The van der Waals surface area contributed by atoms with Crippen LogP contribution in [0, 0.1) is 0 Å². The molecule has 3 heteroatoms. The Labute approximate surface area is 126 Å². The molecule has 1 aromatic heterocycles. The van der Waals surface area contributed by atoms with Crippen molar-refractivity contribution < 1.29 is 0 Å². The van der Waals surface area contributed by atoms with Crippen LogP contribution in [0.15, 0.2) is 35.8 Å². The molecule has 0 bridgehead atoms. The molecule has 0 saturated carbocycles. The summed E-state index contributed by atoms with van der Waals surface area (Å²) in [6.45, 7) is 8.88. The minimum atomic E-state index is 0.338. The molecule has 0 aliphatic rings. The molecule has 2 nitrogen and oxygen atoms in total. The van der Waals surface area contributed by atoms with Gasteiger partial charge in [-0.05, 0) is 30.4 Å². The second kappa shape index (κ2) is 7.00. The highest BCUT2D eigenvalue weighted by Crippen LogP contribution is 2.24. The predicted molar refractivity (Wildman–Crippen MR) is 87.2 cm³/mol. The van der Waals surface area contributed by atoms with Gasteiger partial charge >= 0.3 is 0 Å². The number of nitrogens with one attached hydrogen (secondary N) is 1. The highest BCUT2D eigenvalue weighted by atomic mass is 32.1. The van der Waals surface area contributed by atoms with E-state index < -0.39 is 0 Å². The smallest absolute Gasteiger partial charge is 0.109 e. The Bertz CT molecular complexity index is 502. The van der Waals surface area contributed by atoms with Crippen molar-refractivity contribution in [3.63, 3.8) is 0 Å². The van der Waals surface area contributed by atoms with Crippen LogP contribution in [0.1, 0.15) is 68.3 Å². The molecular weight excluding hydrogens is 264 g/mol. The molecule has 2 atom stereocenters. The minimum absolute atomic E-state index is 0.338. The van der Waals surface area contributed by atoms with Crippen LogP contribution in [0.25, 0.3) is 0 Å². The molecule has 20 heavy (non-hydrogen) atoms. The second-order valence-corrected chi connectivity index (χ2v) is 6.47.